The zero-order valence-electron chi connectivity index (χ0n) is 27.5. The average molecular weight is 639 g/mol. The summed E-state index contributed by atoms with van der Waals surface area (Å²) in [6, 6.07) is 71.8. The number of anilines is 2. The highest BCUT2D eigenvalue weighted by atomic mass is 15.0. The number of para-hydroxylation sites is 3. The summed E-state index contributed by atoms with van der Waals surface area (Å²) < 4.78 is 2.37. The van der Waals surface area contributed by atoms with Gasteiger partial charge in [0.1, 0.15) is 0 Å². The molecule has 2 nitrogen and oxygen atoms in total. The molecule has 50 heavy (non-hydrogen) atoms. The molecule has 0 aliphatic rings. The largest absolute Gasteiger partial charge is 0.355 e. The monoisotopic (exact) mass is 638 g/mol. The average Bonchev–Trinajstić information content (AvgIpc) is 3.53. The Hall–Kier alpha value is -6.64. The second kappa shape index (κ2) is 12.8. The molecule has 0 radical (unpaired) electrons. The molecule has 0 bridgehead atoms. The summed E-state index contributed by atoms with van der Waals surface area (Å²) in [6.07, 6.45) is 0. The van der Waals surface area contributed by atoms with Crippen molar-refractivity contribution in [1.82, 2.24) is 4.57 Å². The summed E-state index contributed by atoms with van der Waals surface area (Å²) >= 11 is 0. The van der Waals surface area contributed by atoms with E-state index in [4.69, 9.17) is 0 Å². The lowest BCUT2D eigenvalue weighted by Crippen LogP contribution is -1.95. The van der Waals surface area contributed by atoms with Crippen LogP contribution in [-0.2, 0) is 0 Å². The molecule has 9 aromatic rings. The minimum Gasteiger partial charge on any atom is -0.355 e. The second-order valence-electron chi connectivity index (χ2n) is 12.7. The summed E-state index contributed by atoms with van der Waals surface area (Å²) in [5, 5.41) is 6.23. The van der Waals surface area contributed by atoms with E-state index < -0.39 is 0 Å². The zero-order chi connectivity index (χ0) is 33.3. The molecule has 0 amide bonds. The van der Waals surface area contributed by atoms with Crippen LogP contribution in [0, 0.1) is 0 Å². The summed E-state index contributed by atoms with van der Waals surface area (Å²) in [7, 11) is 0. The predicted octanol–water partition coefficient (Wildman–Crippen LogP) is 13.2. The maximum absolute atomic E-state index is 3.74. The molecule has 1 aromatic heterocycles. The van der Waals surface area contributed by atoms with Gasteiger partial charge in [0, 0.05) is 33.4 Å². The lowest BCUT2D eigenvalue weighted by Gasteiger charge is -2.17. The van der Waals surface area contributed by atoms with Crippen LogP contribution in [0.15, 0.2) is 200 Å². The molecular weight excluding hydrogens is 605 g/mol. The summed E-state index contributed by atoms with van der Waals surface area (Å²) in [5.41, 5.74) is 15.1. The molecule has 0 saturated heterocycles. The van der Waals surface area contributed by atoms with Crippen LogP contribution in [-0.4, -0.2) is 4.57 Å². The Morgan fingerprint density at radius 1 is 0.320 bits per heavy atom. The SMILES string of the molecule is c1ccc(Nc2ccc(-c3ccc4c(c3)c3ccccc3n4-c3ccccc3)cc2-c2cc(-c3ccccc3)cc(-c3ccccc3)c2)cc1. The molecule has 9 rings (SSSR count). The second-order valence-corrected chi connectivity index (χ2v) is 12.7. The van der Waals surface area contributed by atoms with Gasteiger partial charge in [0.15, 0.2) is 0 Å². The van der Waals surface area contributed by atoms with Crippen LogP contribution in [0.25, 0.3) is 72.0 Å². The Bertz CT molecular complexity index is 2530. The van der Waals surface area contributed by atoms with Gasteiger partial charge >= 0.3 is 0 Å². The molecule has 0 unspecified atom stereocenters. The molecule has 0 atom stereocenters. The molecule has 1 heterocycles. The molecule has 8 aromatic carbocycles. The van der Waals surface area contributed by atoms with Gasteiger partial charge in [-0.1, -0.05) is 127 Å². The standard InChI is InChI=1S/C48H34N2/c1-5-15-34(16-6-1)38-29-39(35-17-7-2-8-18-35)31-40(30-38)44-32-36(25-27-46(44)49-41-19-9-3-10-20-41)37-26-28-48-45(33-37)43-23-13-14-24-47(43)50(48)42-21-11-4-12-22-42/h1-33,49H. The van der Waals surface area contributed by atoms with Crippen molar-refractivity contribution in [2.45, 2.75) is 0 Å². The Balaban J connectivity index is 1.24. The van der Waals surface area contributed by atoms with Crippen molar-refractivity contribution >= 4 is 33.2 Å². The molecule has 0 fully saturated rings. The van der Waals surface area contributed by atoms with E-state index in [1.165, 1.54) is 55.2 Å². The molecule has 0 aliphatic carbocycles. The highest BCUT2D eigenvalue weighted by Gasteiger charge is 2.16. The first-order chi connectivity index (χ1) is 24.8. The molecular formula is C48H34N2. The fourth-order valence-corrected chi connectivity index (χ4v) is 7.13. The smallest absolute Gasteiger partial charge is 0.0541 e. The van der Waals surface area contributed by atoms with E-state index in [2.05, 4.69) is 210 Å². The summed E-state index contributed by atoms with van der Waals surface area (Å²) in [4.78, 5) is 0. The van der Waals surface area contributed by atoms with Gasteiger partial charge in [-0.15, -0.1) is 0 Å². The van der Waals surface area contributed by atoms with Gasteiger partial charge in [-0.25, -0.2) is 0 Å². The van der Waals surface area contributed by atoms with Crippen LogP contribution in [0.3, 0.4) is 0 Å². The van der Waals surface area contributed by atoms with Crippen molar-refractivity contribution in [2.24, 2.45) is 0 Å². The number of benzene rings is 8. The van der Waals surface area contributed by atoms with Gasteiger partial charge in [-0.3, -0.25) is 0 Å². The molecule has 236 valence electrons. The number of rotatable bonds is 7. The van der Waals surface area contributed by atoms with E-state index in [-0.39, 0.29) is 0 Å². The number of hydrogen-bond acceptors (Lipinski definition) is 1. The Morgan fingerprint density at radius 3 is 1.52 bits per heavy atom. The molecule has 2 heteroatoms. The van der Waals surface area contributed by atoms with Crippen molar-refractivity contribution in [3.8, 4) is 50.2 Å². The van der Waals surface area contributed by atoms with E-state index in [0.717, 1.165) is 28.2 Å². The van der Waals surface area contributed by atoms with Crippen molar-refractivity contribution in [2.75, 3.05) is 5.32 Å². The van der Waals surface area contributed by atoms with E-state index in [0.29, 0.717) is 0 Å². The number of hydrogen-bond donors (Lipinski definition) is 1. The lowest BCUT2D eigenvalue weighted by molar-refractivity contribution is 1.18. The highest BCUT2D eigenvalue weighted by Crippen LogP contribution is 2.40. The fourth-order valence-electron chi connectivity index (χ4n) is 7.13. The van der Waals surface area contributed by atoms with E-state index in [1.54, 1.807) is 0 Å². The van der Waals surface area contributed by atoms with E-state index in [9.17, 15) is 0 Å². The summed E-state index contributed by atoms with van der Waals surface area (Å²) in [5.74, 6) is 0. The third kappa shape index (κ3) is 5.53. The molecule has 0 spiro atoms. The molecule has 0 aliphatic heterocycles. The Morgan fingerprint density at radius 2 is 0.840 bits per heavy atom. The van der Waals surface area contributed by atoms with Crippen molar-refractivity contribution in [1.29, 1.82) is 0 Å². The van der Waals surface area contributed by atoms with E-state index >= 15 is 0 Å². The van der Waals surface area contributed by atoms with Crippen LogP contribution < -0.4 is 5.32 Å². The minimum absolute atomic E-state index is 1.05. The van der Waals surface area contributed by atoms with E-state index in [1.807, 2.05) is 0 Å². The van der Waals surface area contributed by atoms with Gasteiger partial charge in [0.05, 0.1) is 11.0 Å². The number of fused-ring (bicyclic) bond motifs is 3. The number of nitrogens with zero attached hydrogens (tertiary/aromatic N) is 1. The van der Waals surface area contributed by atoms with Crippen molar-refractivity contribution < 1.29 is 0 Å². The Labute approximate surface area is 292 Å². The van der Waals surface area contributed by atoms with Crippen molar-refractivity contribution in [3.05, 3.63) is 200 Å². The third-order valence-electron chi connectivity index (χ3n) is 9.55. The number of aromatic nitrogens is 1. The maximum atomic E-state index is 3.74. The Kier molecular flexibility index (Phi) is 7.53. The van der Waals surface area contributed by atoms with Crippen LogP contribution in [0.4, 0.5) is 11.4 Å². The van der Waals surface area contributed by atoms with Gasteiger partial charge in [0.25, 0.3) is 0 Å². The predicted molar refractivity (Wildman–Crippen MR) is 212 cm³/mol. The van der Waals surface area contributed by atoms with Crippen LogP contribution in [0.1, 0.15) is 0 Å². The van der Waals surface area contributed by atoms with Crippen molar-refractivity contribution in [3.63, 3.8) is 0 Å². The first-order valence-electron chi connectivity index (χ1n) is 17.1. The molecule has 1 N–H and O–H groups in total. The first kappa shape index (κ1) is 29.5. The molecule has 0 saturated carbocycles. The fraction of sp³-hybridized carbons (Fsp3) is 0. The van der Waals surface area contributed by atoms with Gasteiger partial charge < -0.3 is 9.88 Å². The normalized spacial score (nSPS) is 11.2. The summed E-state index contributed by atoms with van der Waals surface area (Å²) in [6.45, 7) is 0. The van der Waals surface area contributed by atoms with Gasteiger partial charge in [-0.05, 0) is 112 Å². The zero-order valence-corrected chi connectivity index (χ0v) is 27.5. The first-order valence-corrected chi connectivity index (χ1v) is 17.1. The number of nitrogens with one attached hydrogen (secondary N) is 1. The maximum Gasteiger partial charge on any atom is 0.0541 e. The lowest BCUT2D eigenvalue weighted by atomic mass is 9.91. The topological polar surface area (TPSA) is 17.0 Å². The minimum atomic E-state index is 1.05. The van der Waals surface area contributed by atoms with Gasteiger partial charge in [-0.2, -0.15) is 0 Å². The van der Waals surface area contributed by atoms with Gasteiger partial charge in [0.2, 0.25) is 0 Å². The van der Waals surface area contributed by atoms with Crippen LogP contribution in [0.5, 0.6) is 0 Å². The quantitative estimate of drug-likeness (QED) is 0.184. The third-order valence-corrected chi connectivity index (χ3v) is 9.55. The highest BCUT2D eigenvalue weighted by molar-refractivity contribution is 6.10. The van der Waals surface area contributed by atoms with Crippen LogP contribution >= 0.6 is 0 Å². The van der Waals surface area contributed by atoms with Crippen LogP contribution in [0.2, 0.25) is 0 Å².